The third-order valence-electron chi connectivity index (χ3n) is 4.75. The number of sulfonamides is 1. The first kappa shape index (κ1) is 19.2. The Hall–Kier alpha value is -3.11. The highest BCUT2D eigenvalue weighted by Gasteiger charge is 2.38. The first-order valence-corrected chi connectivity index (χ1v) is 10.3. The Kier molecular flexibility index (Phi) is 4.89. The molecule has 1 fully saturated rings. The van der Waals surface area contributed by atoms with Gasteiger partial charge < -0.3 is 14.8 Å². The molecule has 1 aromatic heterocycles. The summed E-state index contributed by atoms with van der Waals surface area (Å²) in [5, 5.41) is 9.89. The van der Waals surface area contributed by atoms with Gasteiger partial charge in [-0.1, -0.05) is 0 Å². The molecule has 3 N–H and O–H groups in total. The Morgan fingerprint density at radius 3 is 2.24 bits per heavy atom. The number of ether oxygens (including phenoxy) is 1. The zero-order valence-electron chi connectivity index (χ0n) is 15.1. The molecule has 0 spiro atoms. The summed E-state index contributed by atoms with van der Waals surface area (Å²) >= 11 is 0. The number of aromatic amines is 2. The maximum atomic E-state index is 13.1. The molecule has 0 amide bonds. The number of hydrogen-bond donors (Lipinski definition) is 3. The molecular weight excluding hydrogens is 401 g/mol. The summed E-state index contributed by atoms with van der Waals surface area (Å²) in [4.78, 5) is 16.2. The minimum atomic E-state index is -3.86. The van der Waals surface area contributed by atoms with Crippen LogP contribution in [0.1, 0.15) is 24.6 Å². The lowest BCUT2D eigenvalue weighted by Crippen LogP contribution is -2.31. The average Bonchev–Trinajstić information content (AvgIpc) is 3.30. The van der Waals surface area contributed by atoms with Gasteiger partial charge in [0, 0.05) is 6.54 Å². The number of rotatable bonds is 5. The topological polar surface area (TPSA) is 115 Å². The van der Waals surface area contributed by atoms with Crippen LogP contribution in [0.5, 0.6) is 17.4 Å². The summed E-state index contributed by atoms with van der Waals surface area (Å²) in [6, 6.07) is 10.7. The second-order valence-electron chi connectivity index (χ2n) is 6.64. The Morgan fingerprint density at radius 2 is 1.66 bits per heavy atom. The minimum absolute atomic E-state index is 0.0632. The molecule has 2 aromatic carbocycles. The van der Waals surface area contributed by atoms with E-state index in [0.717, 1.165) is 0 Å². The fourth-order valence-corrected chi connectivity index (χ4v) is 5.06. The molecule has 29 heavy (non-hydrogen) atoms. The molecular formula is C19H18FN3O5S. The molecule has 10 heteroatoms. The van der Waals surface area contributed by atoms with E-state index >= 15 is 0 Å². The van der Waals surface area contributed by atoms with Crippen molar-refractivity contribution in [3.05, 3.63) is 70.5 Å². The lowest BCUT2D eigenvalue weighted by Gasteiger charge is -2.23. The van der Waals surface area contributed by atoms with Gasteiger partial charge in [-0.25, -0.2) is 17.6 Å². The molecule has 2 heterocycles. The SMILES string of the molecule is O=c1[nH]c(O)c(C2CCCN2S(=O)(=O)c2ccc(Oc3ccc(F)cc3)cc2)[nH]1. The van der Waals surface area contributed by atoms with Crippen molar-refractivity contribution in [3.8, 4) is 17.4 Å². The molecule has 3 aromatic rings. The van der Waals surface area contributed by atoms with Crippen LogP contribution in [-0.4, -0.2) is 34.3 Å². The fraction of sp³-hybridized carbons (Fsp3) is 0.211. The maximum Gasteiger partial charge on any atom is 0.326 e. The summed E-state index contributed by atoms with van der Waals surface area (Å²) in [5.74, 6) is 0.0912. The molecule has 152 valence electrons. The predicted molar refractivity (Wildman–Crippen MR) is 102 cm³/mol. The molecule has 4 rings (SSSR count). The van der Waals surface area contributed by atoms with Crippen molar-refractivity contribution in [1.82, 2.24) is 14.3 Å². The Bertz CT molecular complexity index is 1170. The Labute approximate surface area is 165 Å². The number of nitrogens with one attached hydrogen (secondary N) is 2. The van der Waals surface area contributed by atoms with Crippen molar-refractivity contribution in [2.75, 3.05) is 6.54 Å². The number of imidazole rings is 1. The van der Waals surface area contributed by atoms with E-state index in [1.54, 1.807) is 0 Å². The Balaban J connectivity index is 1.57. The van der Waals surface area contributed by atoms with Crippen molar-refractivity contribution in [2.24, 2.45) is 0 Å². The first-order chi connectivity index (χ1) is 13.8. The fourth-order valence-electron chi connectivity index (χ4n) is 3.40. The van der Waals surface area contributed by atoms with E-state index in [2.05, 4.69) is 9.97 Å². The lowest BCUT2D eigenvalue weighted by atomic mass is 10.2. The standard InChI is InChI=1S/C19H18FN3O5S/c20-12-3-5-13(6-4-12)28-14-7-9-15(10-8-14)29(26,27)23-11-1-2-16(23)17-18(24)22-19(25)21-17/h3-10,16,24H,1-2,11H2,(H2,21,22,25). The van der Waals surface area contributed by atoms with Gasteiger partial charge in [-0.15, -0.1) is 0 Å². The van der Waals surface area contributed by atoms with E-state index in [1.807, 2.05) is 0 Å². The first-order valence-electron chi connectivity index (χ1n) is 8.91. The molecule has 0 saturated carbocycles. The van der Waals surface area contributed by atoms with Crippen LogP contribution in [0.2, 0.25) is 0 Å². The average molecular weight is 419 g/mol. The van der Waals surface area contributed by atoms with Crippen LogP contribution in [0.25, 0.3) is 0 Å². The molecule has 1 saturated heterocycles. The van der Waals surface area contributed by atoms with Crippen molar-refractivity contribution < 1.29 is 22.7 Å². The summed E-state index contributed by atoms with van der Waals surface area (Å²) < 4.78 is 46.0. The zero-order valence-corrected chi connectivity index (χ0v) is 15.9. The van der Waals surface area contributed by atoms with E-state index in [-0.39, 0.29) is 28.8 Å². The highest BCUT2D eigenvalue weighted by molar-refractivity contribution is 7.89. The number of nitrogens with zero attached hydrogens (tertiary/aromatic N) is 1. The third-order valence-corrected chi connectivity index (χ3v) is 6.67. The highest BCUT2D eigenvalue weighted by atomic mass is 32.2. The third kappa shape index (κ3) is 3.76. The molecule has 0 bridgehead atoms. The largest absolute Gasteiger partial charge is 0.493 e. The van der Waals surface area contributed by atoms with Gasteiger partial charge in [-0.05, 0) is 61.4 Å². The Morgan fingerprint density at radius 1 is 1.03 bits per heavy atom. The van der Waals surface area contributed by atoms with E-state index in [4.69, 9.17) is 4.74 Å². The quantitative estimate of drug-likeness (QED) is 0.588. The van der Waals surface area contributed by atoms with Crippen LogP contribution in [0.15, 0.2) is 58.2 Å². The van der Waals surface area contributed by atoms with Crippen molar-refractivity contribution in [1.29, 1.82) is 0 Å². The molecule has 8 nitrogen and oxygen atoms in total. The van der Waals surface area contributed by atoms with E-state index in [1.165, 1.54) is 52.8 Å². The lowest BCUT2D eigenvalue weighted by molar-refractivity contribution is 0.371. The van der Waals surface area contributed by atoms with Gasteiger partial charge in [0.1, 0.15) is 17.3 Å². The van der Waals surface area contributed by atoms with Crippen LogP contribution in [0.4, 0.5) is 4.39 Å². The second kappa shape index (κ2) is 7.37. The van der Waals surface area contributed by atoms with Gasteiger partial charge in [-0.3, -0.25) is 4.98 Å². The molecule has 0 radical (unpaired) electrons. The van der Waals surface area contributed by atoms with E-state index in [9.17, 15) is 22.7 Å². The molecule has 1 unspecified atom stereocenters. The van der Waals surface area contributed by atoms with E-state index in [0.29, 0.717) is 24.3 Å². The van der Waals surface area contributed by atoms with Crippen LogP contribution in [0.3, 0.4) is 0 Å². The number of benzene rings is 2. The van der Waals surface area contributed by atoms with Gasteiger partial charge in [0.25, 0.3) is 0 Å². The number of aromatic nitrogens is 2. The summed E-state index contributed by atoms with van der Waals surface area (Å²) in [7, 11) is -3.86. The van der Waals surface area contributed by atoms with E-state index < -0.39 is 21.8 Å². The number of aromatic hydroxyl groups is 1. The number of H-pyrrole nitrogens is 2. The molecule has 1 atom stereocenters. The van der Waals surface area contributed by atoms with Crippen LogP contribution < -0.4 is 10.4 Å². The maximum absolute atomic E-state index is 13.1. The smallest absolute Gasteiger partial charge is 0.326 e. The molecule has 1 aliphatic rings. The van der Waals surface area contributed by atoms with Gasteiger partial charge >= 0.3 is 5.69 Å². The summed E-state index contributed by atoms with van der Waals surface area (Å²) in [5.41, 5.74) is -0.434. The van der Waals surface area contributed by atoms with Crippen LogP contribution >= 0.6 is 0 Å². The second-order valence-corrected chi connectivity index (χ2v) is 8.53. The summed E-state index contributed by atoms with van der Waals surface area (Å²) in [6.45, 7) is 0.271. The van der Waals surface area contributed by atoms with Gasteiger partial charge in [-0.2, -0.15) is 4.31 Å². The monoisotopic (exact) mass is 419 g/mol. The molecule has 0 aliphatic carbocycles. The van der Waals surface area contributed by atoms with Gasteiger partial charge in [0.2, 0.25) is 15.9 Å². The van der Waals surface area contributed by atoms with Crippen molar-refractivity contribution >= 4 is 10.0 Å². The zero-order chi connectivity index (χ0) is 20.6. The number of halogens is 1. The van der Waals surface area contributed by atoms with Crippen LogP contribution in [0, 0.1) is 5.82 Å². The van der Waals surface area contributed by atoms with Gasteiger partial charge in [0.15, 0.2) is 0 Å². The molecule has 1 aliphatic heterocycles. The normalized spacial score (nSPS) is 17.5. The predicted octanol–water partition coefficient (Wildman–Crippen LogP) is 2.87. The number of hydrogen-bond acceptors (Lipinski definition) is 5. The minimum Gasteiger partial charge on any atom is -0.493 e. The van der Waals surface area contributed by atoms with Crippen molar-refractivity contribution in [2.45, 2.75) is 23.8 Å². The summed E-state index contributed by atoms with van der Waals surface area (Å²) in [6.07, 6.45) is 1.08. The van der Waals surface area contributed by atoms with Crippen molar-refractivity contribution in [3.63, 3.8) is 0 Å². The van der Waals surface area contributed by atoms with Gasteiger partial charge in [0.05, 0.1) is 16.6 Å². The van der Waals surface area contributed by atoms with Crippen LogP contribution in [-0.2, 0) is 10.0 Å². The highest BCUT2D eigenvalue weighted by Crippen LogP contribution is 2.38.